The Morgan fingerprint density at radius 2 is 1.69 bits per heavy atom. The summed E-state index contributed by atoms with van der Waals surface area (Å²) < 4.78 is 2.08. The fraction of sp³-hybridized carbons (Fsp3) is 0. The van der Waals surface area contributed by atoms with E-state index in [2.05, 4.69) is 47.8 Å². The molecule has 6 heteroatoms. The SMILES string of the molecule is O=C(O)c1ccc(Br)c(Br)c1Br.[BiH3]. The van der Waals surface area contributed by atoms with Gasteiger partial charge in [-0.2, -0.15) is 0 Å². The van der Waals surface area contributed by atoms with Gasteiger partial charge in [-0.15, -0.1) is 0 Å². The summed E-state index contributed by atoms with van der Waals surface area (Å²) in [6, 6.07) is 3.21. The summed E-state index contributed by atoms with van der Waals surface area (Å²) in [5, 5.41) is 8.71. The van der Waals surface area contributed by atoms with Crippen LogP contribution in [0.1, 0.15) is 10.4 Å². The molecule has 0 fully saturated rings. The Hall–Kier alpha value is 1.01. The van der Waals surface area contributed by atoms with Crippen molar-refractivity contribution in [2.45, 2.75) is 0 Å². The summed E-state index contributed by atoms with van der Waals surface area (Å²) in [6.45, 7) is 0. The molecule has 0 spiro atoms. The average molecular weight is 571 g/mol. The van der Waals surface area contributed by atoms with E-state index in [4.69, 9.17) is 5.11 Å². The molecular weight excluding hydrogens is 565 g/mol. The molecule has 0 saturated carbocycles. The van der Waals surface area contributed by atoms with Crippen LogP contribution in [0.5, 0.6) is 0 Å². The summed E-state index contributed by atoms with van der Waals surface area (Å²) in [7, 11) is 0. The van der Waals surface area contributed by atoms with Crippen LogP contribution >= 0.6 is 47.8 Å². The second-order valence-corrected chi connectivity index (χ2v) is 4.47. The van der Waals surface area contributed by atoms with Gasteiger partial charge in [0.05, 0.1) is 5.56 Å². The topological polar surface area (TPSA) is 37.3 Å². The Labute approximate surface area is 120 Å². The first kappa shape index (κ1) is 14.0. The predicted molar refractivity (Wildman–Crippen MR) is 66.4 cm³/mol. The standard InChI is InChI=1S/C7H3Br3O2.Bi.3H/c8-4-2-1-3(7(11)12)5(9)6(4)10;;;;/h1-2H,(H,11,12);;;;. The average Bonchev–Trinajstić information content (AvgIpc) is 2.00. The van der Waals surface area contributed by atoms with Crippen molar-refractivity contribution in [2.24, 2.45) is 0 Å². The van der Waals surface area contributed by atoms with E-state index in [0.717, 1.165) is 4.47 Å². The fourth-order valence-corrected chi connectivity index (χ4v) is 2.15. The molecule has 0 aliphatic carbocycles. The molecule has 0 saturated heterocycles. The van der Waals surface area contributed by atoms with Gasteiger partial charge in [-0.25, -0.2) is 4.79 Å². The van der Waals surface area contributed by atoms with Crippen LogP contribution in [0.4, 0.5) is 0 Å². The van der Waals surface area contributed by atoms with Crippen molar-refractivity contribution in [2.75, 3.05) is 0 Å². The number of rotatable bonds is 1. The molecular formula is C7H6BiBr3O2. The molecule has 0 unspecified atom stereocenters. The van der Waals surface area contributed by atoms with Gasteiger partial charge in [0, 0.05) is 13.4 Å². The molecule has 72 valence electrons. The molecule has 0 aliphatic heterocycles. The number of carbonyl (C=O) groups is 1. The molecule has 1 aromatic rings. The zero-order valence-electron chi connectivity index (χ0n) is 6.35. The van der Waals surface area contributed by atoms with Crippen molar-refractivity contribution in [1.29, 1.82) is 0 Å². The molecule has 1 N–H and O–H groups in total. The number of halogens is 3. The monoisotopic (exact) mass is 568 g/mol. The van der Waals surface area contributed by atoms with Gasteiger partial charge in [0.25, 0.3) is 0 Å². The summed E-state index contributed by atoms with van der Waals surface area (Å²) in [4.78, 5) is 10.6. The van der Waals surface area contributed by atoms with Gasteiger partial charge in [0.1, 0.15) is 0 Å². The third-order valence-corrected chi connectivity index (χ3v) is 4.64. The number of aromatic carboxylic acids is 1. The Morgan fingerprint density at radius 1 is 1.15 bits per heavy atom. The maximum absolute atomic E-state index is 10.6. The van der Waals surface area contributed by atoms with Crippen molar-refractivity contribution < 1.29 is 9.90 Å². The van der Waals surface area contributed by atoms with E-state index in [1.807, 2.05) is 0 Å². The van der Waals surface area contributed by atoms with E-state index in [1.54, 1.807) is 6.07 Å². The molecule has 0 atom stereocenters. The number of carboxylic acid groups (broad SMARTS) is 1. The van der Waals surface area contributed by atoms with Gasteiger partial charge in [0.15, 0.2) is 0 Å². The first-order chi connectivity index (χ1) is 5.54. The number of carboxylic acids is 1. The zero-order chi connectivity index (χ0) is 9.30. The molecule has 13 heavy (non-hydrogen) atoms. The molecule has 1 rings (SSSR count). The van der Waals surface area contributed by atoms with E-state index in [9.17, 15) is 4.79 Å². The van der Waals surface area contributed by atoms with E-state index in [1.165, 1.54) is 6.07 Å². The van der Waals surface area contributed by atoms with Crippen LogP contribution < -0.4 is 0 Å². The van der Waals surface area contributed by atoms with E-state index >= 15 is 0 Å². The van der Waals surface area contributed by atoms with Crippen LogP contribution in [0.2, 0.25) is 0 Å². The second kappa shape index (κ2) is 5.79. The molecule has 0 aromatic heterocycles. The Balaban J connectivity index is 0.00000144. The summed E-state index contributed by atoms with van der Waals surface area (Å²) in [5.74, 6) is -0.949. The Kier molecular flexibility index (Phi) is 6.24. The third-order valence-electron chi connectivity index (χ3n) is 1.27. The van der Waals surface area contributed by atoms with Crippen molar-refractivity contribution in [3.8, 4) is 0 Å². The molecule has 0 amide bonds. The van der Waals surface area contributed by atoms with Gasteiger partial charge in [-0.1, -0.05) is 0 Å². The van der Waals surface area contributed by atoms with Gasteiger partial charge in [0.2, 0.25) is 0 Å². The van der Waals surface area contributed by atoms with Crippen LogP contribution in [-0.2, 0) is 0 Å². The minimum absolute atomic E-state index is 0. The number of benzene rings is 1. The van der Waals surface area contributed by atoms with Crippen LogP contribution in [-0.4, -0.2) is 37.3 Å². The first-order valence-corrected chi connectivity index (χ1v) is 5.28. The van der Waals surface area contributed by atoms with Gasteiger partial charge < -0.3 is 5.11 Å². The maximum atomic E-state index is 10.6. The Morgan fingerprint density at radius 3 is 2.15 bits per heavy atom. The second-order valence-electron chi connectivity index (χ2n) is 2.03. The van der Waals surface area contributed by atoms with Crippen molar-refractivity contribution in [1.82, 2.24) is 0 Å². The predicted octanol–water partition coefficient (Wildman–Crippen LogP) is 2.49. The van der Waals surface area contributed by atoms with Gasteiger partial charge >= 0.3 is 32.2 Å². The quantitative estimate of drug-likeness (QED) is 0.416. The van der Waals surface area contributed by atoms with Crippen LogP contribution in [0.3, 0.4) is 0 Å². The van der Waals surface area contributed by atoms with E-state index < -0.39 is 5.97 Å². The molecule has 0 aliphatic rings. The van der Waals surface area contributed by atoms with Crippen LogP contribution in [0.25, 0.3) is 0 Å². The molecule has 0 heterocycles. The minimum atomic E-state index is -0.949. The fourth-order valence-electron chi connectivity index (χ4n) is 0.691. The third kappa shape index (κ3) is 3.26. The summed E-state index contributed by atoms with van der Waals surface area (Å²) in [5.41, 5.74) is 0.241. The van der Waals surface area contributed by atoms with E-state index in [0.29, 0.717) is 8.95 Å². The molecule has 1 aromatic carbocycles. The summed E-state index contributed by atoms with van der Waals surface area (Å²) in [6.07, 6.45) is 0. The van der Waals surface area contributed by atoms with Crippen LogP contribution in [0, 0.1) is 0 Å². The van der Waals surface area contributed by atoms with Crippen molar-refractivity contribution in [3.63, 3.8) is 0 Å². The van der Waals surface area contributed by atoms with Crippen LogP contribution in [0.15, 0.2) is 25.6 Å². The molecule has 0 bridgehead atoms. The van der Waals surface area contributed by atoms with Gasteiger partial charge in [-0.3, -0.25) is 0 Å². The van der Waals surface area contributed by atoms with E-state index in [-0.39, 0.29) is 31.8 Å². The normalized spacial score (nSPS) is 9.15. The first-order valence-electron chi connectivity index (χ1n) is 2.91. The summed E-state index contributed by atoms with van der Waals surface area (Å²) >= 11 is 9.67. The van der Waals surface area contributed by atoms with Gasteiger partial charge in [-0.05, 0) is 59.9 Å². The van der Waals surface area contributed by atoms with Crippen molar-refractivity contribution in [3.05, 3.63) is 31.1 Å². The molecule has 2 nitrogen and oxygen atoms in total. The Bertz CT molecular complexity index is 341. The zero-order valence-corrected chi connectivity index (χ0v) is 16.6. The molecule has 0 radical (unpaired) electrons. The number of hydrogen-bond acceptors (Lipinski definition) is 1. The van der Waals surface area contributed by atoms with Crippen molar-refractivity contribution >= 4 is 80.0 Å². The number of hydrogen-bond donors (Lipinski definition) is 1.